The molecule has 1 aliphatic rings. The molecule has 0 atom stereocenters. The van der Waals surface area contributed by atoms with E-state index in [0.29, 0.717) is 17.6 Å². The number of benzene rings is 1. The molecular weight excluding hydrogens is 410 g/mol. The van der Waals surface area contributed by atoms with E-state index in [1.807, 2.05) is 41.1 Å². The number of aromatic nitrogens is 1. The molecular formula is C23H23N5S2. The molecule has 0 saturated carbocycles. The number of thiophene rings is 2. The molecule has 4 heterocycles. The number of H-pyrrole nitrogens is 1. The molecule has 30 heavy (non-hydrogen) atoms. The number of hydrogen-bond acceptors (Lipinski definition) is 4. The molecule has 4 aromatic rings. The molecule has 0 radical (unpaired) electrons. The number of fused-ring (bicyclic) bond motifs is 1. The summed E-state index contributed by atoms with van der Waals surface area (Å²) in [5, 5.41) is 13.7. The summed E-state index contributed by atoms with van der Waals surface area (Å²) in [6, 6.07) is 14.3. The maximum Gasteiger partial charge on any atom is 0.141 e. The van der Waals surface area contributed by atoms with Gasteiger partial charge in [0.15, 0.2) is 0 Å². The van der Waals surface area contributed by atoms with Crippen molar-refractivity contribution in [2.45, 2.75) is 18.8 Å². The van der Waals surface area contributed by atoms with E-state index in [-0.39, 0.29) is 0 Å². The van der Waals surface area contributed by atoms with Gasteiger partial charge in [0.25, 0.3) is 0 Å². The fraction of sp³-hybridized carbons (Fsp3) is 0.217. The number of piperidine rings is 1. The molecule has 152 valence electrons. The van der Waals surface area contributed by atoms with E-state index in [2.05, 4.69) is 33.2 Å². The number of likely N-dealkylation sites (tertiary alicyclic amines) is 1. The van der Waals surface area contributed by atoms with Crippen molar-refractivity contribution < 1.29 is 0 Å². The molecule has 7 heteroatoms. The van der Waals surface area contributed by atoms with Crippen LogP contribution in [0.4, 0.5) is 5.69 Å². The Hall–Kier alpha value is -2.90. The van der Waals surface area contributed by atoms with Gasteiger partial charge in [-0.2, -0.15) is 0 Å². The first-order valence-corrected chi connectivity index (χ1v) is 11.8. The first-order valence-electron chi connectivity index (χ1n) is 10.1. The summed E-state index contributed by atoms with van der Waals surface area (Å²) in [7, 11) is 0. The first kappa shape index (κ1) is 19.1. The maximum absolute atomic E-state index is 8.47. The third kappa shape index (κ3) is 3.66. The molecule has 1 saturated heterocycles. The Balaban J connectivity index is 1.35. The van der Waals surface area contributed by atoms with Crippen molar-refractivity contribution >= 4 is 50.9 Å². The molecule has 0 unspecified atom stereocenters. The van der Waals surface area contributed by atoms with E-state index in [1.54, 1.807) is 22.7 Å². The van der Waals surface area contributed by atoms with Gasteiger partial charge in [-0.05, 0) is 65.4 Å². The summed E-state index contributed by atoms with van der Waals surface area (Å²) in [6.45, 7) is 1.83. The third-order valence-corrected chi connectivity index (χ3v) is 7.50. The molecule has 5 rings (SSSR count). The van der Waals surface area contributed by atoms with Crippen molar-refractivity contribution in [3.8, 4) is 0 Å². The Kier molecular flexibility index (Phi) is 5.14. The van der Waals surface area contributed by atoms with Crippen molar-refractivity contribution in [1.29, 1.82) is 5.41 Å². The third-order valence-electron chi connectivity index (χ3n) is 5.73. The van der Waals surface area contributed by atoms with Gasteiger partial charge in [0.05, 0.1) is 15.4 Å². The fourth-order valence-corrected chi connectivity index (χ4v) is 5.47. The summed E-state index contributed by atoms with van der Waals surface area (Å²) in [6.07, 6.45) is 4.24. The average molecular weight is 434 g/mol. The Morgan fingerprint density at radius 2 is 1.80 bits per heavy atom. The first-order chi connectivity index (χ1) is 14.7. The van der Waals surface area contributed by atoms with Gasteiger partial charge < -0.3 is 15.6 Å². The number of amidine groups is 2. The van der Waals surface area contributed by atoms with Gasteiger partial charge >= 0.3 is 0 Å². The van der Waals surface area contributed by atoms with Crippen LogP contribution in [-0.4, -0.2) is 34.6 Å². The minimum absolute atomic E-state index is 0.486. The minimum Gasteiger partial charge on any atom is -0.383 e. The zero-order valence-corrected chi connectivity index (χ0v) is 18.1. The molecule has 0 amide bonds. The van der Waals surface area contributed by atoms with Crippen LogP contribution in [0.3, 0.4) is 0 Å². The van der Waals surface area contributed by atoms with E-state index in [4.69, 9.17) is 11.1 Å². The number of nitrogens with two attached hydrogens (primary N) is 1. The van der Waals surface area contributed by atoms with E-state index < -0.39 is 0 Å². The predicted molar refractivity (Wildman–Crippen MR) is 128 cm³/mol. The molecule has 1 aromatic carbocycles. The van der Waals surface area contributed by atoms with E-state index >= 15 is 0 Å². The maximum atomic E-state index is 8.47. The molecule has 0 bridgehead atoms. The Morgan fingerprint density at radius 3 is 2.50 bits per heavy atom. The number of aromatic amines is 1. The largest absolute Gasteiger partial charge is 0.383 e. The average Bonchev–Trinajstić information content (AvgIpc) is 3.55. The molecule has 1 fully saturated rings. The van der Waals surface area contributed by atoms with Gasteiger partial charge in [-0.15, -0.1) is 22.7 Å². The topological polar surface area (TPSA) is 81.3 Å². The van der Waals surface area contributed by atoms with Crippen LogP contribution in [0.1, 0.15) is 34.1 Å². The second kappa shape index (κ2) is 8.08. The van der Waals surface area contributed by atoms with Crippen LogP contribution in [0.15, 0.2) is 64.4 Å². The zero-order chi connectivity index (χ0) is 20.5. The molecule has 3 aromatic heterocycles. The van der Waals surface area contributed by atoms with Crippen LogP contribution in [0.25, 0.3) is 10.9 Å². The van der Waals surface area contributed by atoms with Gasteiger partial charge in [-0.1, -0.05) is 12.1 Å². The van der Waals surface area contributed by atoms with E-state index in [9.17, 15) is 0 Å². The number of rotatable bonds is 4. The lowest BCUT2D eigenvalue weighted by Crippen LogP contribution is -2.37. The van der Waals surface area contributed by atoms with E-state index in [0.717, 1.165) is 46.9 Å². The van der Waals surface area contributed by atoms with Crippen LogP contribution >= 0.6 is 22.7 Å². The van der Waals surface area contributed by atoms with Gasteiger partial charge in [0.1, 0.15) is 11.7 Å². The van der Waals surface area contributed by atoms with Gasteiger partial charge in [0, 0.05) is 30.2 Å². The van der Waals surface area contributed by atoms with Crippen LogP contribution < -0.4 is 5.73 Å². The number of nitrogens with zero attached hydrogens (tertiary/aromatic N) is 2. The van der Waals surface area contributed by atoms with Crippen LogP contribution in [0, 0.1) is 5.41 Å². The van der Waals surface area contributed by atoms with Crippen molar-refractivity contribution in [2.24, 2.45) is 10.7 Å². The molecule has 0 spiro atoms. The van der Waals surface area contributed by atoms with Gasteiger partial charge in [-0.25, -0.2) is 4.99 Å². The van der Waals surface area contributed by atoms with Crippen molar-refractivity contribution in [1.82, 2.24) is 9.88 Å². The second-order valence-electron chi connectivity index (χ2n) is 7.54. The molecule has 0 aliphatic carbocycles. The summed E-state index contributed by atoms with van der Waals surface area (Å²) in [5.74, 6) is 1.70. The Labute approximate surface area is 183 Å². The highest BCUT2D eigenvalue weighted by Gasteiger charge is 2.25. The summed E-state index contributed by atoms with van der Waals surface area (Å²) in [5.41, 5.74) is 9.54. The summed E-state index contributed by atoms with van der Waals surface area (Å²) in [4.78, 5) is 12.3. The summed E-state index contributed by atoms with van der Waals surface area (Å²) < 4.78 is 0. The van der Waals surface area contributed by atoms with Crippen LogP contribution in [0.5, 0.6) is 0 Å². The Morgan fingerprint density at radius 1 is 1.07 bits per heavy atom. The highest BCUT2D eigenvalue weighted by Crippen LogP contribution is 2.35. The number of hydrogen-bond donors (Lipinski definition) is 3. The van der Waals surface area contributed by atoms with Crippen LogP contribution in [-0.2, 0) is 0 Å². The fourth-order valence-electron chi connectivity index (χ4n) is 4.14. The lowest BCUT2D eigenvalue weighted by atomic mass is 9.89. The highest BCUT2D eigenvalue weighted by molar-refractivity contribution is 7.12. The van der Waals surface area contributed by atoms with Crippen molar-refractivity contribution in [3.05, 3.63) is 74.7 Å². The highest BCUT2D eigenvalue weighted by atomic mass is 32.1. The molecule has 4 N–H and O–H groups in total. The van der Waals surface area contributed by atoms with Gasteiger partial charge in [-0.3, -0.25) is 5.41 Å². The van der Waals surface area contributed by atoms with E-state index in [1.165, 1.54) is 10.9 Å². The van der Waals surface area contributed by atoms with Crippen molar-refractivity contribution in [2.75, 3.05) is 13.1 Å². The van der Waals surface area contributed by atoms with Crippen molar-refractivity contribution in [3.63, 3.8) is 0 Å². The van der Waals surface area contributed by atoms with Crippen LogP contribution in [0.2, 0.25) is 0 Å². The minimum atomic E-state index is 0.486. The standard InChI is InChI=1S/C23H23N5S2/c24-22(20-3-1-11-29-20)27-16-5-6-19-17(13-16)18(14-26-19)15-7-9-28(10-8-15)23(25)21-4-2-12-30-21/h1-6,11-15,25-26H,7-10H2,(H2,24,27). The molecule has 1 aliphatic heterocycles. The van der Waals surface area contributed by atoms with Gasteiger partial charge in [0.2, 0.25) is 0 Å². The number of nitrogens with one attached hydrogen (secondary N) is 2. The second-order valence-corrected chi connectivity index (χ2v) is 9.43. The summed E-state index contributed by atoms with van der Waals surface area (Å²) >= 11 is 3.24. The lowest BCUT2D eigenvalue weighted by Gasteiger charge is -2.33. The zero-order valence-electron chi connectivity index (χ0n) is 16.5. The SMILES string of the molecule is N=C(c1cccs1)N1CCC(c2c[nH]c3ccc(N=C(N)c4cccs4)cc23)CC1. The lowest BCUT2D eigenvalue weighted by molar-refractivity contribution is 0.313. The normalized spacial score (nSPS) is 15.7. The smallest absolute Gasteiger partial charge is 0.141 e. The molecule has 5 nitrogen and oxygen atoms in total. The monoisotopic (exact) mass is 433 g/mol. The quantitative estimate of drug-likeness (QED) is 0.292. The number of aliphatic imine (C=N–C) groups is 1. The predicted octanol–water partition coefficient (Wildman–Crippen LogP) is 5.53. The Bertz CT molecular complexity index is 1180.